The van der Waals surface area contributed by atoms with Crippen LogP contribution in [-0.4, -0.2) is 105 Å². The Balaban J connectivity index is 1.35. The quantitative estimate of drug-likeness (QED) is 0.162. The highest BCUT2D eigenvalue weighted by Crippen LogP contribution is 2.42. The fourth-order valence-corrected chi connectivity index (χ4v) is 9.10. The first kappa shape index (κ1) is 43.8. The van der Waals surface area contributed by atoms with Gasteiger partial charge in [0, 0.05) is 61.7 Å². The Morgan fingerprint density at radius 3 is 2.56 bits per heavy atom. The van der Waals surface area contributed by atoms with Gasteiger partial charge >= 0.3 is 5.97 Å². The van der Waals surface area contributed by atoms with Gasteiger partial charge in [-0.3, -0.25) is 29.2 Å². The number of amides is 3. The maximum Gasteiger partial charge on any atom is 0.324 e. The molecule has 14 heteroatoms. The van der Waals surface area contributed by atoms with Crippen molar-refractivity contribution in [1.82, 2.24) is 30.2 Å². The molecule has 1 aliphatic carbocycles. The van der Waals surface area contributed by atoms with Gasteiger partial charge in [-0.1, -0.05) is 39.8 Å². The van der Waals surface area contributed by atoms with E-state index in [1.54, 1.807) is 32.5 Å². The number of hydrogen-bond donors (Lipinski definition) is 4. The number of ether oxygens (including phenoxy) is 2. The van der Waals surface area contributed by atoms with Crippen LogP contribution in [0.5, 0.6) is 5.75 Å². The second-order valence-corrected chi connectivity index (χ2v) is 18.1. The second kappa shape index (κ2) is 17.6. The number of benzene rings is 2. The van der Waals surface area contributed by atoms with E-state index >= 15 is 0 Å². The number of esters is 1. The Morgan fingerprint density at radius 2 is 1.87 bits per heavy atom. The van der Waals surface area contributed by atoms with Gasteiger partial charge in [-0.15, -0.1) is 0 Å². The summed E-state index contributed by atoms with van der Waals surface area (Å²) >= 11 is 0. The minimum Gasteiger partial charge on any atom is -0.508 e. The van der Waals surface area contributed by atoms with Crippen LogP contribution in [0.15, 0.2) is 54.7 Å². The minimum atomic E-state index is -1.14. The zero-order valence-corrected chi connectivity index (χ0v) is 36.5. The molecule has 14 nitrogen and oxygen atoms in total. The number of methoxy groups -OCH3 is 1. The SMILES string of the molecule is CCn1c(-c2cccnc2[C@H](C)OC)c2c3cc(ccc31)-c1cc(O)cc(c1)C[C@H](NC(=O)[C@H](C(C)C)N(C)C(=O)[C@@H]1C[C@H]1O)C(=O)N1CCC[C@H](N1)C(=O)OCC(C)(C)C2. The Bertz CT molecular complexity index is 2320. The first-order chi connectivity index (χ1) is 29.0. The van der Waals surface area contributed by atoms with Crippen LogP contribution in [0, 0.1) is 17.3 Å². The molecule has 1 saturated carbocycles. The van der Waals surface area contributed by atoms with Crippen molar-refractivity contribution in [3.63, 3.8) is 0 Å². The van der Waals surface area contributed by atoms with Crippen LogP contribution in [0.2, 0.25) is 0 Å². The van der Waals surface area contributed by atoms with Crippen LogP contribution in [0.3, 0.4) is 0 Å². The molecule has 6 bridgehead atoms. The van der Waals surface area contributed by atoms with Gasteiger partial charge in [0.15, 0.2) is 0 Å². The number of likely N-dealkylation sites (N-methyl/N-ethyl adjacent to an activating group) is 1. The highest BCUT2D eigenvalue weighted by molar-refractivity contribution is 5.96. The number of carbonyl (C=O) groups excluding carboxylic acids is 4. The predicted octanol–water partition coefficient (Wildman–Crippen LogP) is 5.32. The zero-order chi connectivity index (χ0) is 43.9. The molecule has 2 fully saturated rings. The van der Waals surface area contributed by atoms with E-state index in [0.717, 1.165) is 44.5 Å². The number of nitrogens with one attached hydrogen (secondary N) is 2. The molecule has 1 saturated heterocycles. The largest absolute Gasteiger partial charge is 0.508 e. The van der Waals surface area contributed by atoms with Gasteiger partial charge in [-0.2, -0.15) is 0 Å². The fourth-order valence-electron chi connectivity index (χ4n) is 9.10. The van der Waals surface area contributed by atoms with Crippen LogP contribution < -0.4 is 10.7 Å². The molecule has 6 atom stereocenters. The normalized spacial score (nSPS) is 22.6. The van der Waals surface area contributed by atoms with E-state index in [-0.39, 0.29) is 43.3 Å². The van der Waals surface area contributed by atoms with Crippen LogP contribution in [0.1, 0.15) is 83.7 Å². The lowest BCUT2D eigenvalue weighted by Crippen LogP contribution is -2.62. The Hall–Kier alpha value is -5.31. The summed E-state index contributed by atoms with van der Waals surface area (Å²) in [6, 6.07) is 12.6. The van der Waals surface area contributed by atoms with Crippen molar-refractivity contribution in [2.24, 2.45) is 17.3 Å². The highest BCUT2D eigenvalue weighted by Gasteiger charge is 2.46. The lowest BCUT2D eigenvalue weighted by Gasteiger charge is -2.36. The number of rotatable bonds is 9. The van der Waals surface area contributed by atoms with E-state index in [4.69, 9.17) is 14.5 Å². The van der Waals surface area contributed by atoms with E-state index in [2.05, 4.69) is 54.3 Å². The molecular formula is C47H60N6O8. The molecule has 4 aromatic rings. The molecule has 3 amide bonds. The van der Waals surface area contributed by atoms with Crippen molar-refractivity contribution >= 4 is 34.6 Å². The lowest BCUT2D eigenvalue weighted by atomic mass is 9.84. The average Bonchev–Trinajstić information content (AvgIpc) is 3.90. The van der Waals surface area contributed by atoms with Crippen molar-refractivity contribution in [1.29, 1.82) is 0 Å². The number of aliphatic hydroxyl groups is 1. The molecular weight excluding hydrogens is 777 g/mol. The smallest absolute Gasteiger partial charge is 0.324 e. The molecule has 326 valence electrons. The molecule has 2 aromatic carbocycles. The van der Waals surface area contributed by atoms with E-state index in [1.165, 1.54) is 9.91 Å². The van der Waals surface area contributed by atoms with E-state index in [0.29, 0.717) is 37.8 Å². The average molecular weight is 837 g/mol. The third kappa shape index (κ3) is 9.03. The number of hydrazine groups is 1. The van der Waals surface area contributed by atoms with Crippen molar-refractivity contribution < 1.29 is 38.9 Å². The van der Waals surface area contributed by atoms with Crippen molar-refractivity contribution in [3.8, 4) is 28.1 Å². The number of nitrogens with zero attached hydrogens (tertiary/aromatic N) is 4. The summed E-state index contributed by atoms with van der Waals surface area (Å²) in [6.45, 7) is 13.0. The number of aliphatic hydroxyl groups excluding tert-OH is 1. The Morgan fingerprint density at radius 1 is 1.11 bits per heavy atom. The number of pyridine rings is 1. The van der Waals surface area contributed by atoms with Gasteiger partial charge < -0.3 is 34.5 Å². The van der Waals surface area contributed by atoms with E-state index < -0.39 is 53.3 Å². The van der Waals surface area contributed by atoms with E-state index in [1.807, 2.05) is 39.0 Å². The number of cyclic esters (lactones) is 1. The number of hydrogen-bond acceptors (Lipinski definition) is 10. The van der Waals surface area contributed by atoms with Crippen LogP contribution in [-0.2, 0) is 48.0 Å². The first-order valence-corrected chi connectivity index (χ1v) is 21.5. The minimum absolute atomic E-state index is 0.00257. The summed E-state index contributed by atoms with van der Waals surface area (Å²) in [5.41, 5.74) is 9.56. The molecule has 61 heavy (non-hydrogen) atoms. The molecule has 7 rings (SSSR count). The summed E-state index contributed by atoms with van der Waals surface area (Å²) in [6.07, 6.45) is 2.62. The van der Waals surface area contributed by atoms with Crippen LogP contribution in [0.25, 0.3) is 33.3 Å². The highest BCUT2D eigenvalue weighted by atomic mass is 16.5. The molecule has 0 spiro atoms. The second-order valence-electron chi connectivity index (χ2n) is 18.1. The molecule has 2 aromatic heterocycles. The van der Waals surface area contributed by atoms with E-state index in [9.17, 15) is 29.4 Å². The van der Waals surface area contributed by atoms with Gasteiger partial charge in [0.05, 0.1) is 36.1 Å². The monoisotopic (exact) mass is 836 g/mol. The number of fused-ring (bicyclic) bond motifs is 6. The lowest BCUT2D eigenvalue weighted by molar-refractivity contribution is -0.155. The van der Waals surface area contributed by atoms with Gasteiger partial charge in [0.2, 0.25) is 11.8 Å². The Labute approximate surface area is 357 Å². The first-order valence-electron chi connectivity index (χ1n) is 21.5. The van der Waals surface area contributed by atoms with Gasteiger partial charge in [0.1, 0.15) is 23.9 Å². The summed E-state index contributed by atoms with van der Waals surface area (Å²) in [5.74, 6) is -2.69. The molecule has 0 radical (unpaired) electrons. The third-order valence-corrected chi connectivity index (χ3v) is 12.4. The number of aromatic hydroxyl groups is 1. The molecule has 4 heterocycles. The van der Waals surface area contributed by atoms with Gasteiger partial charge in [0.25, 0.3) is 5.91 Å². The molecule has 2 aliphatic heterocycles. The summed E-state index contributed by atoms with van der Waals surface area (Å²) in [7, 11) is 3.22. The molecule has 4 N–H and O–H groups in total. The maximum absolute atomic E-state index is 14.5. The summed E-state index contributed by atoms with van der Waals surface area (Å²) in [4.78, 5) is 62.0. The standard InChI is InChI=1S/C47H60N6O8/c1-9-52-38-15-14-29-22-33(38)35(42(52)32-12-10-16-48-40(32)27(4)60-8)24-47(5,6)25-61-46(59)36-13-11-17-53(50-36)45(58)37(20-28-18-30(29)21-31(54)19-28)49-43(56)41(26(2)3)51(7)44(57)34-23-39(34)55/h10,12,14-16,18-19,21-22,26-27,34,36-37,39,41,50,54-55H,9,11,13,17,20,23-25H2,1-8H3,(H,49,56)/t27-,34+,36-,37-,39+,41-/m0/s1. The van der Waals surface area contributed by atoms with Gasteiger partial charge in [-0.05, 0) is 104 Å². The number of aryl methyl sites for hydroxylation is 1. The zero-order valence-electron chi connectivity index (χ0n) is 36.5. The van der Waals surface area contributed by atoms with Gasteiger partial charge in [-0.25, -0.2) is 5.43 Å². The van der Waals surface area contributed by atoms with Crippen molar-refractivity contribution in [2.45, 2.75) is 111 Å². The topological polar surface area (TPSA) is 176 Å². The van der Waals surface area contributed by atoms with Crippen LogP contribution in [0.4, 0.5) is 0 Å². The maximum atomic E-state index is 14.5. The van der Waals surface area contributed by atoms with Crippen molar-refractivity contribution in [3.05, 3.63) is 71.5 Å². The summed E-state index contributed by atoms with van der Waals surface area (Å²) in [5, 5.41) is 26.6. The number of phenols is 1. The van der Waals surface area contributed by atoms with Crippen LogP contribution >= 0.6 is 0 Å². The number of carbonyl (C=O) groups is 4. The third-order valence-electron chi connectivity index (χ3n) is 12.4. The molecule has 0 unspecified atom stereocenters. The number of aromatic nitrogens is 2. The molecule has 3 aliphatic rings. The van der Waals surface area contributed by atoms with Crippen molar-refractivity contribution in [2.75, 3.05) is 27.3 Å². The predicted molar refractivity (Wildman–Crippen MR) is 231 cm³/mol. The summed E-state index contributed by atoms with van der Waals surface area (Å²) < 4.78 is 14.2. The Kier molecular flexibility index (Phi) is 12.6. The number of phenolic OH excluding ortho intramolecular Hbond substituents is 1. The fraction of sp³-hybridized carbons (Fsp3) is 0.511.